The van der Waals surface area contributed by atoms with Crippen molar-refractivity contribution in [1.82, 2.24) is 9.80 Å². The monoisotopic (exact) mass is 230 g/mol. The second-order valence-electron chi connectivity index (χ2n) is 5.73. The van der Waals surface area contributed by atoms with E-state index >= 15 is 0 Å². The van der Waals surface area contributed by atoms with Gasteiger partial charge in [0.1, 0.15) is 11.2 Å². The van der Waals surface area contributed by atoms with Crippen LogP contribution in [0.5, 0.6) is 0 Å². The molecule has 1 fully saturated rings. The van der Waals surface area contributed by atoms with Crippen molar-refractivity contribution in [3.63, 3.8) is 0 Å². The Balaban J connectivity index is 2.41. The number of aliphatic hydroxyl groups is 1. The summed E-state index contributed by atoms with van der Waals surface area (Å²) in [7, 11) is 3.58. The van der Waals surface area contributed by atoms with E-state index in [0.717, 1.165) is 0 Å². The van der Waals surface area contributed by atoms with Gasteiger partial charge in [0.15, 0.2) is 0 Å². The maximum Gasteiger partial charge on any atom is 0.410 e. The molecule has 1 aliphatic heterocycles. The molecular weight excluding hydrogens is 208 g/mol. The summed E-state index contributed by atoms with van der Waals surface area (Å²) in [4.78, 5) is 15.1. The van der Waals surface area contributed by atoms with E-state index < -0.39 is 17.3 Å². The number of carbonyl (C=O) groups excluding carboxylic acids is 1. The van der Waals surface area contributed by atoms with Gasteiger partial charge >= 0.3 is 6.09 Å². The van der Waals surface area contributed by atoms with Gasteiger partial charge in [0.25, 0.3) is 0 Å². The van der Waals surface area contributed by atoms with Gasteiger partial charge in [-0.2, -0.15) is 0 Å². The number of likely N-dealkylation sites (N-methyl/N-ethyl adjacent to an activating group) is 2. The quantitative estimate of drug-likeness (QED) is 0.752. The van der Waals surface area contributed by atoms with Crippen LogP contribution in [0.3, 0.4) is 0 Å². The number of ether oxygens (including phenoxy) is 1. The molecule has 0 radical (unpaired) electrons. The van der Waals surface area contributed by atoms with Gasteiger partial charge in [-0.1, -0.05) is 0 Å². The van der Waals surface area contributed by atoms with Crippen molar-refractivity contribution in [1.29, 1.82) is 0 Å². The van der Waals surface area contributed by atoms with Crippen LogP contribution in [0.25, 0.3) is 0 Å². The normalized spacial score (nSPS) is 20.1. The largest absolute Gasteiger partial charge is 0.444 e. The predicted octanol–water partition coefficient (Wildman–Crippen LogP) is 0.530. The van der Waals surface area contributed by atoms with E-state index in [-0.39, 0.29) is 0 Å². The minimum absolute atomic E-state index is 0.312. The molecule has 94 valence electrons. The molecule has 0 spiro atoms. The molecule has 1 heterocycles. The van der Waals surface area contributed by atoms with E-state index in [4.69, 9.17) is 4.74 Å². The van der Waals surface area contributed by atoms with Crippen LogP contribution in [0.1, 0.15) is 20.8 Å². The number of carbonyl (C=O) groups is 1. The lowest BCUT2D eigenvalue weighted by atomic mass is 9.95. The summed E-state index contributed by atoms with van der Waals surface area (Å²) in [6.07, 6.45) is -0.393. The highest BCUT2D eigenvalue weighted by molar-refractivity contribution is 5.67. The van der Waals surface area contributed by atoms with Crippen LogP contribution >= 0.6 is 0 Å². The van der Waals surface area contributed by atoms with E-state index in [2.05, 4.69) is 0 Å². The third-order valence-corrected chi connectivity index (χ3v) is 2.37. The maximum absolute atomic E-state index is 11.6. The topological polar surface area (TPSA) is 53.0 Å². The number of hydrogen-bond donors (Lipinski definition) is 1. The van der Waals surface area contributed by atoms with Gasteiger partial charge in [-0.25, -0.2) is 4.79 Å². The Morgan fingerprint density at radius 2 is 2.00 bits per heavy atom. The smallest absolute Gasteiger partial charge is 0.410 e. The van der Waals surface area contributed by atoms with Crippen molar-refractivity contribution in [2.75, 3.05) is 33.7 Å². The average Bonchev–Trinajstić information content (AvgIpc) is 1.97. The molecule has 0 aromatic heterocycles. The number of β-amino-alcohol motifs (C(OH)–C–C–N with tert-alkyl or cyclic N) is 1. The van der Waals surface area contributed by atoms with Crippen LogP contribution in [0, 0.1) is 0 Å². The van der Waals surface area contributed by atoms with Crippen molar-refractivity contribution >= 4 is 6.09 Å². The van der Waals surface area contributed by atoms with Gasteiger partial charge in [-0.05, 0) is 27.8 Å². The van der Waals surface area contributed by atoms with Gasteiger partial charge in [0.2, 0.25) is 0 Å². The van der Waals surface area contributed by atoms with Gasteiger partial charge in [-0.15, -0.1) is 0 Å². The molecule has 1 amide bonds. The average molecular weight is 230 g/mol. The minimum atomic E-state index is -0.777. The van der Waals surface area contributed by atoms with Crippen molar-refractivity contribution in [2.45, 2.75) is 32.0 Å². The zero-order chi connectivity index (χ0) is 12.6. The molecule has 0 saturated carbocycles. The van der Waals surface area contributed by atoms with E-state index in [0.29, 0.717) is 19.6 Å². The molecule has 0 atom stereocenters. The first-order chi connectivity index (χ1) is 7.11. The summed E-state index contributed by atoms with van der Waals surface area (Å²) in [5.41, 5.74) is -1.27. The molecule has 1 saturated heterocycles. The molecule has 0 aliphatic carbocycles. The Kier molecular flexibility index (Phi) is 3.50. The molecular formula is C11H22N2O3. The minimum Gasteiger partial charge on any atom is -0.444 e. The lowest BCUT2D eigenvalue weighted by molar-refractivity contribution is -0.100. The summed E-state index contributed by atoms with van der Waals surface area (Å²) in [5, 5.41) is 10.0. The van der Waals surface area contributed by atoms with Crippen molar-refractivity contribution in [3.8, 4) is 0 Å². The van der Waals surface area contributed by atoms with Gasteiger partial charge in [0, 0.05) is 20.1 Å². The SMILES string of the molecule is CN1CC(O)(CN(C)C(=O)OC(C)(C)C)C1. The van der Waals surface area contributed by atoms with Crippen LogP contribution in [-0.4, -0.2) is 65.9 Å². The molecule has 0 unspecified atom stereocenters. The molecule has 1 rings (SSSR count). The van der Waals surface area contributed by atoms with Crippen LogP contribution in [-0.2, 0) is 4.74 Å². The van der Waals surface area contributed by atoms with Crippen LogP contribution in [0.4, 0.5) is 4.79 Å². The zero-order valence-electron chi connectivity index (χ0n) is 10.8. The zero-order valence-corrected chi connectivity index (χ0v) is 10.8. The fraction of sp³-hybridized carbons (Fsp3) is 0.909. The first-order valence-electron chi connectivity index (χ1n) is 5.46. The van der Waals surface area contributed by atoms with Crippen molar-refractivity contribution in [2.24, 2.45) is 0 Å². The Bertz CT molecular complexity index is 267. The first kappa shape index (κ1) is 13.3. The molecule has 0 aromatic rings. The van der Waals surface area contributed by atoms with Crippen LogP contribution in [0.15, 0.2) is 0 Å². The lowest BCUT2D eigenvalue weighted by Crippen LogP contribution is -2.65. The number of likely N-dealkylation sites (tertiary alicyclic amines) is 1. The standard InChI is InChI=1S/C11H22N2O3/c1-10(2,3)16-9(14)13(5)8-11(15)6-12(4)7-11/h15H,6-8H2,1-5H3. The number of hydrogen-bond acceptors (Lipinski definition) is 4. The Labute approximate surface area is 97.0 Å². The highest BCUT2D eigenvalue weighted by atomic mass is 16.6. The molecule has 5 heteroatoms. The Morgan fingerprint density at radius 3 is 2.38 bits per heavy atom. The van der Waals surface area contributed by atoms with Crippen molar-refractivity contribution in [3.05, 3.63) is 0 Å². The Morgan fingerprint density at radius 1 is 1.50 bits per heavy atom. The Hall–Kier alpha value is -0.810. The van der Waals surface area contributed by atoms with Crippen LogP contribution in [0.2, 0.25) is 0 Å². The van der Waals surface area contributed by atoms with Gasteiger partial charge in [-0.3, -0.25) is 0 Å². The fourth-order valence-electron chi connectivity index (χ4n) is 1.90. The van der Waals surface area contributed by atoms with E-state index in [1.165, 1.54) is 4.90 Å². The first-order valence-corrected chi connectivity index (χ1v) is 5.46. The van der Waals surface area contributed by atoms with Crippen LogP contribution < -0.4 is 0 Å². The number of amides is 1. The highest BCUT2D eigenvalue weighted by Crippen LogP contribution is 2.20. The summed E-state index contributed by atoms with van der Waals surface area (Å²) in [6.45, 7) is 6.98. The summed E-state index contributed by atoms with van der Waals surface area (Å²) >= 11 is 0. The fourth-order valence-corrected chi connectivity index (χ4v) is 1.90. The molecule has 1 N–H and O–H groups in total. The molecule has 5 nitrogen and oxygen atoms in total. The molecule has 0 bridgehead atoms. The van der Waals surface area contributed by atoms with E-state index in [9.17, 15) is 9.90 Å². The molecule has 16 heavy (non-hydrogen) atoms. The summed E-state index contributed by atoms with van der Waals surface area (Å²) < 4.78 is 5.20. The van der Waals surface area contributed by atoms with Crippen molar-refractivity contribution < 1.29 is 14.6 Å². The van der Waals surface area contributed by atoms with Gasteiger partial charge < -0.3 is 19.6 Å². The second kappa shape index (κ2) is 4.22. The third kappa shape index (κ3) is 3.64. The number of rotatable bonds is 2. The molecule has 1 aliphatic rings. The van der Waals surface area contributed by atoms with E-state index in [1.807, 2.05) is 32.7 Å². The number of nitrogens with zero attached hydrogens (tertiary/aromatic N) is 2. The summed E-state index contributed by atoms with van der Waals surface area (Å²) in [5.74, 6) is 0. The van der Waals surface area contributed by atoms with Gasteiger partial charge in [0.05, 0.1) is 6.54 Å². The predicted molar refractivity (Wildman–Crippen MR) is 61.3 cm³/mol. The third-order valence-electron chi connectivity index (χ3n) is 2.37. The highest BCUT2D eigenvalue weighted by Gasteiger charge is 2.41. The molecule has 0 aromatic carbocycles. The van der Waals surface area contributed by atoms with E-state index in [1.54, 1.807) is 7.05 Å². The lowest BCUT2D eigenvalue weighted by Gasteiger charge is -2.46. The second-order valence-corrected chi connectivity index (χ2v) is 5.73. The summed E-state index contributed by atoms with van der Waals surface area (Å²) in [6, 6.07) is 0. The maximum atomic E-state index is 11.6.